The average molecular weight is 512 g/mol. The van der Waals surface area contributed by atoms with Gasteiger partial charge < -0.3 is 5.32 Å². The van der Waals surface area contributed by atoms with Crippen molar-refractivity contribution in [2.75, 3.05) is 20.6 Å². The zero-order valence-electron chi connectivity index (χ0n) is 17.8. The van der Waals surface area contributed by atoms with Crippen molar-refractivity contribution < 1.29 is 30.0 Å². The lowest BCUT2D eigenvalue weighted by Gasteiger charge is -2.22. The number of thiol groups is 1. The van der Waals surface area contributed by atoms with Crippen LogP contribution in [0.1, 0.15) is 12.8 Å². The molecule has 0 unspecified atom stereocenters. The summed E-state index contributed by atoms with van der Waals surface area (Å²) in [7, 11) is -6.62. The first-order valence-corrected chi connectivity index (χ1v) is 13.1. The van der Waals surface area contributed by atoms with E-state index in [1.54, 1.807) is 12.1 Å². The minimum atomic E-state index is -3.50. The summed E-state index contributed by atoms with van der Waals surface area (Å²) in [5, 5.41) is 2.50. The molecular formula is C22H20F3N3O4S2. The third kappa shape index (κ3) is 5.28. The number of anilines is 4. The average Bonchev–Trinajstić information content (AvgIpc) is 3.58. The highest BCUT2D eigenvalue weighted by Crippen LogP contribution is 2.40. The summed E-state index contributed by atoms with van der Waals surface area (Å²) in [6.45, 7) is 0. The molecule has 0 spiro atoms. The van der Waals surface area contributed by atoms with Crippen LogP contribution in [0.4, 0.5) is 35.9 Å². The Morgan fingerprint density at radius 3 is 2.26 bits per heavy atom. The van der Waals surface area contributed by atoms with Gasteiger partial charge in [-0.2, -0.15) is 0 Å². The van der Waals surface area contributed by atoms with Crippen LogP contribution in [0.5, 0.6) is 0 Å². The van der Waals surface area contributed by atoms with Crippen LogP contribution < -0.4 is 14.3 Å². The maximum Gasteiger partial charge on any atom is 0.229 e. The van der Waals surface area contributed by atoms with Crippen molar-refractivity contribution >= 4 is 43.7 Å². The largest absolute Gasteiger partial charge is 0.349 e. The number of halogens is 3. The molecule has 4 rings (SSSR count). The smallest absolute Gasteiger partial charge is 0.229 e. The molecule has 3 aromatic rings. The van der Waals surface area contributed by atoms with E-state index in [2.05, 4.69) is 10.0 Å². The molecule has 0 aromatic heterocycles. The maximum absolute atomic E-state index is 15.0. The first kappa shape index (κ1) is 23.9. The second-order valence-electron chi connectivity index (χ2n) is 7.84. The fourth-order valence-electron chi connectivity index (χ4n) is 3.49. The second kappa shape index (κ2) is 9.18. The Balaban J connectivity index is 1.68. The maximum atomic E-state index is 15.0. The number of hydrogen-bond donors (Lipinski definition) is 3. The molecule has 2 N–H and O–H groups in total. The number of rotatable bonds is 8. The van der Waals surface area contributed by atoms with E-state index in [9.17, 15) is 30.0 Å². The molecule has 12 heteroatoms. The fourth-order valence-corrected chi connectivity index (χ4v) is 4.89. The quantitative estimate of drug-likeness (QED) is 0.390. The van der Waals surface area contributed by atoms with E-state index in [-0.39, 0.29) is 17.4 Å². The van der Waals surface area contributed by atoms with Crippen LogP contribution >= 0.6 is 0 Å². The highest BCUT2D eigenvalue weighted by atomic mass is 32.2. The van der Waals surface area contributed by atoms with Crippen molar-refractivity contribution in [1.82, 2.24) is 0 Å². The Hall–Kier alpha value is -3.25. The predicted octanol–water partition coefficient (Wildman–Crippen LogP) is 4.38. The lowest BCUT2D eigenvalue weighted by molar-refractivity contribution is 0.511. The van der Waals surface area contributed by atoms with Gasteiger partial charge in [-0.15, -0.1) is 0 Å². The van der Waals surface area contributed by atoms with Crippen LogP contribution in [0.15, 0.2) is 54.6 Å². The molecule has 0 saturated heterocycles. The minimum absolute atomic E-state index is 0.111. The van der Waals surface area contributed by atoms with Crippen LogP contribution in [0, 0.1) is 17.5 Å². The van der Waals surface area contributed by atoms with Crippen LogP contribution in [0.2, 0.25) is 0 Å². The van der Waals surface area contributed by atoms with Crippen molar-refractivity contribution in [3.8, 4) is 11.1 Å². The van der Waals surface area contributed by atoms with Gasteiger partial charge in [0.25, 0.3) is 0 Å². The molecule has 1 fully saturated rings. The van der Waals surface area contributed by atoms with Gasteiger partial charge in [0.05, 0.1) is 17.6 Å². The van der Waals surface area contributed by atoms with Gasteiger partial charge in [0.2, 0.25) is 20.9 Å². The molecule has 0 aliphatic heterocycles. The molecule has 180 valence electrons. The molecule has 1 saturated carbocycles. The van der Waals surface area contributed by atoms with Gasteiger partial charge >= 0.3 is 0 Å². The summed E-state index contributed by atoms with van der Waals surface area (Å²) in [6, 6.07) is 11.9. The molecule has 3 aromatic carbocycles. The first-order valence-electron chi connectivity index (χ1n) is 10.1. The third-order valence-corrected chi connectivity index (χ3v) is 6.62. The second-order valence-corrected chi connectivity index (χ2v) is 10.5. The number of nitrogens with one attached hydrogen (secondary N) is 2. The van der Waals surface area contributed by atoms with Crippen molar-refractivity contribution in [2.45, 2.75) is 18.9 Å². The molecule has 7 nitrogen and oxygen atoms in total. The van der Waals surface area contributed by atoms with Crippen molar-refractivity contribution in [3.05, 3.63) is 72.0 Å². The zero-order chi connectivity index (χ0) is 24.6. The van der Waals surface area contributed by atoms with Crippen LogP contribution in [-0.2, 0) is 20.9 Å². The van der Waals surface area contributed by atoms with E-state index in [1.165, 1.54) is 24.3 Å². The molecular weight excluding hydrogens is 491 g/mol. The van der Waals surface area contributed by atoms with Gasteiger partial charge in [0.15, 0.2) is 11.6 Å². The van der Waals surface area contributed by atoms with E-state index in [4.69, 9.17) is 0 Å². The van der Waals surface area contributed by atoms with Gasteiger partial charge in [-0.1, -0.05) is 18.2 Å². The fraction of sp³-hybridized carbons (Fsp3) is 0.182. The summed E-state index contributed by atoms with van der Waals surface area (Å²) in [5.74, 6) is -3.35. The van der Waals surface area contributed by atoms with Gasteiger partial charge in [0.1, 0.15) is 11.5 Å². The molecule has 1 aliphatic carbocycles. The van der Waals surface area contributed by atoms with Crippen LogP contribution in [0.25, 0.3) is 11.1 Å². The SMILES string of the molecule is CS(=O)(=O)Nc1cccc(-c2ccc(Nc3c(N(C4CC4)[SH](=O)=O)ccc(F)c3F)c(F)c2)c1. The summed E-state index contributed by atoms with van der Waals surface area (Å²) in [4.78, 5) is 0. The van der Waals surface area contributed by atoms with E-state index in [0.717, 1.165) is 28.8 Å². The van der Waals surface area contributed by atoms with Gasteiger partial charge in [-0.3, -0.25) is 9.03 Å². The van der Waals surface area contributed by atoms with E-state index < -0.39 is 44.1 Å². The van der Waals surface area contributed by atoms with Crippen molar-refractivity contribution in [1.29, 1.82) is 0 Å². The molecule has 0 amide bonds. The Morgan fingerprint density at radius 1 is 0.941 bits per heavy atom. The Labute approximate surface area is 196 Å². The number of nitrogens with zero attached hydrogens (tertiary/aromatic N) is 1. The standard InChI is InChI=1S/C22H20F3N3O4S2/c1-34(31,32)27-15-4-2-3-13(11-15)14-5-9-19(18(24)12-14)26-22-20(10-8-17(23)21(22)25)28(33(29)30)16-6-7-16/h2-5,8-12,16,26-27,33H,6-7H2,1H3. The van der Waals surface area contributed by atoms with E-state index in [1.807, 2.05) is 0 Å². The molecule has 0 atom stereocenters. The summed E-state index contributed by atoms with van der Waals surface area (Å²) in [6.07, 6.45) is 2.17. The Morgan fingerprint density at radius 2 is 1.65 bits per heavy atom. The predicted molar refractivity (Wildman–Crippen MR) is 126 cm³/mol. The molecule has 1 aliphatic rings. The van der Waals surface area contributed by atoms with E-state index >= 15 is 0 Å². The molecule has 0 heterocycles. The normalized spacial score (nSPS) is 13.7. The lowest BCUT2D eigenvalue weighted by Crippen LogP contribution is -2.25. The van der Waals surface area contributed by atoms with E-state index in [0.29, 0.717) is 29.7 Å². The monoisotopic (exact) mass is 511 g/mol. The third-order valence-electron chi connectivity index (χ3n) is 5.12. The molecule has 0 radical (unpaired) electrons. The van der Waals surface area contributed by atoms with Gasteiger partial charge in [-0.25, -0.2) is 30.0 Å². The minimum Gasteiger partial charge on any atom is -0.349 e. The van der Waals surface area contributed by atoms with Gasteiger partial charge in [0, 0.05) is 11.7 Å². The van der Waals surface area contributed by atoms with Crippen LogP contribution in [0.3, 0.4) is 0 Å². The van der Waals surface area contributed by atoms with Gasteiger partial charge in [-0.05, 0) is 60.4 Å². The summed E-state index contributed by atoms with van der Waals surface area (Å²) in [5.41, 5.74) is 0.415. The topological polar surface area (TPSA) is 95.6 Å². The Bertz CT molecular complexity index is 1430. The number of hydrogen-bond acceptors (Lipinski definition) is 5. The number of benzene rings is 3. The van der Waals surface area contributed by atoms with Crippen molar-refractivity contribution in [2.24, 2.45) is 0 Å². The summed E-state index contributed by atoms with van der Waals surface area (Å²) >= 11 is 0. The molecule has 0 bridgehead atoms. The van der Waals surface area contributed by atoms with Crippen molar-refractivity contribution in [3.63, 3.8) is 0 Å². The zero-order valence-corrected chi connectivity index (χ0v) is 19.5. The number of sulfonamides is 1. The van der Waals surface area contributed by atoms with Crippen LogP contribution in [-0.4, -0.2) is 29.1 Å². The molecule has 34 heavy (non-hydrogen) atoms. The first-order chi connectivity index (χ1) is 16.0. The highest BCUT2D eigenvalue weighted by Gasteiger charge is 2.34. The lowest BCUT2D eigenvalue weighted by atomic mass is 10.0. The highest BCUT2D eigenvalue weighted by molar-refractivity contribution is 7.92. The summed E-state index contributed by atoms with van der Waals surface area (Å²) < 4.78 is 93.4. The Kier molecular flexibility index (Phi) is 6.45.